The van der Waals surface area contributed by atoms with Crippen LogP contribution in [0.5, 0.6) is 5.75 Å². The number of nitrogens with zero attached hydrogens (tertiary/aromatic N) is 3. The van der Waals surface area contributed by atoms with Crippen molar-refractivity contribution < 1.29 is 37.5 Å². The van der Waals surface area contributed by atoms with Crippen molar-refractivity contribution in [3.8, 4) is 16.9 Å². The molecule has 3 aliphatic rings. The van der Waals surface area contributed by atoms with Crippen LogP contribution in [0.1, 0.15) is 51.4 Å². The lowest BCUT2D eigenvalue weighted by molar-refractivity contribution is -0.136. The van der Waals surface area contributed by atoms with E-state index in [0.717, 1.165) is 4.90 Å². The molecule has 0 unspecified atom stereocenters. The fourth-order valence-corrected chi connectivity index (χ4v) is 5.38. The number of piperidine rings is 1. The number of likely N-dealkylation sites (N-methyl/N-ethyl adjacent to an activating group) is 1. The van der Waals surface area contributed by atoms with Crippen LogP contribution in [-0.4, -0.2) is 59.1 Å². The average molecular weight is 576 g/mol. The molecule has 11 nitrogen and oxygen atoms in total. The van der Waals surface area contributed by atoms with Crippen LogP contribution >= 0.6 is 0 Å². The molecule has 4 heterocycles. The maximum Gasteiger partial charge on any atom is 0.280 e. The van der Waals surface area contributed by atoms with Crippen LogP contribution in [0.3, 0.4) is 0 Å². The van der Waals surface area contributed by atoms with E-state index in [4.69, 9.17) is 4.74 Å². The minimum absolute atomic E-state index is 0.00208. The zero-order chi connectivity index (χ0) is 29.9. The van der Waals surface area contributed by atoms with Crippen LogP contribution < -0.4 is 20.3 Å². The summed E-state index contributed by atoms with van der Waals surface area (Å²) in [6.45, 7) is 1.38. The lowest BCUT2D eigenvalue weighted by Crippen LogP contribution is -2.54. The van der Waals surface area contributed by atoms with Gasteiger partial charge in [-0.25, -0.2) is 8.78 Å². The maximum absolute atomic E-state index is 13.7. The number of imide groups is 2. The first-order chi connectivity index (χ1) is 20.0. The number of ether oxygens (including phenoxy) is 1. The predicted molar refractivity (Wildman–Crippen MR) is 145 cm³/mol. The molecule has 42 heavy (non-hydrogen) atoms. The average Bonchev–Trinajstić information content (AvgIpc) is 3.20. The van der Waals surface area contributed by atoms with Gasteiger partial charge in [-0.3, -0.25) is 39.2 Å². The molecule has 2 aromatic carbocycles. The van der Waals surface area contributed by atoms with Gasteiger partial charge in [-0.05, 0) is 55.3 Å². The van der Waals surface area contributed by atoms with E-state index in [9.17, 15) is 32.8 Å². The van der Waals surface area contributed by atoms with Gasteiger partial charge in [-0.2, -0.15) is 0 Å². The molecule has 1 saturated heterocycles. The van der Waals surface area contributed by atoms with E-state index in [1.165, 1.54) is 17.0 Å². The third-order valence-electron chi connectivity index (χ3n) is 7.43. The van der Waals surface area contributed by atoms with E-state index < -0.39 is 41.8 Å². The summed E-state index contributed by atoms with van der Waals surface area (Å²) in [5, 5.41) is 5.33. The van der Waals surface area contributed by atoms with Crippen LogP contribution in [0.15, 0.2) is 42.5 Å². The van der Waals surface area contributed by atoms with Crippen LogP contribution in [0.25, 0.3) is 11.1 Å². The summed E-state index contributed by atoms with van der Waals surface area (Å²) >= 11 is 0. The third-order valence-corrected chi connectivity index (χ3v) is 7.43. The van der Waals surface area contributed by atoms with E-state index in [1.54, 1.807) is 44.3 Å². The summed E-state index contributed by atoms with van der Waals surface area (Å²) in [5.41, 5.74) is 1.74. The molecule has 0 radical (unpaired) electrons. The first-order valence-corrected chi connectivity index (χ1v) is 13.0. The van der Waals surface area contributed by atoms with Gasteiger partial charge in [0.1, 0.15) is 17.5 Å². The summed E-state index contributed by atoms with van der Waals surface area (Å²) in [7, 11) is 1.57. The number of hydrogen-bond acceptors (Lipinski definition) is 8. The Hall–Kier alpha value is -5.20. The van der Waals surface area contributed by atoms with E-state index in [1.807, 2.05) is 0 Å². The molecule has 1 aromatic heterocycles. The number of rotatable bonds is 5. The van der Waals surface area contributed by atoms with Gasteiger partial charge in [0.25, 0.3) is 24.1 Å². The molecular weight excluding hydrogens is 552 g/mol. The second kappa shape index (κ2) is 10.0. The molecule has 214 valence electrons. The molecule has 3 aromatic rings. The molecule has 0 saturated carbocycles. The van der Waals surface area contributed by atoms with Gasteiger partial charge < -0.3 is 15.0 Å². The van der Waals surface area contributed by atoms with Crippen molar-refractivity contribution in [3.05, 3.63) is 65.0 Å². The Bertz CT molecular complexity index is 1720. The van der Waals surface area contributed by atoms with Gasteiger partial charge in [0.2, 0.25) is 11.8 Å². The summed E-state index contributed by atoms with van der Waals surface area (Å²) in [6, 6.07) is 9.50. The van der Waals surface area contributed by atoms with Crippen LogP contribution in [0, 0.1) is 6.92 Å². The van der Waals surface area contributed by atoms with Crippen molar-refractivity contribution in [1.29, 1.82) is 0 Å². The number of hydrogen-bond donors (Lipinski definition) is 2. The Balaban J connectivity index is 1.46. The monoisotopic (exact) mass is 575 g/mol. The van der Waals surface area contributed by atoms with Crippen molar-refractivity contribution in [2.75, 3.05) is 23.9 Å². The first-order valence-electron chi connectivity index (χ1n) is 13.0. The van der Waals surface area contributed by atoms with E-state index >= 15 is 0 Å². The molecule has 0 spiro atoms. The molecule has 0 aliphatic carbocycles. The normalized spacial score (nSPS) is 18.2. The SMILES string of the molecule is Cc1cc(-c2cc3c(cc2Nc2cccc4c2C(=O)N([C@H]2CCC(=O)NC2=O)C4=O)N(C)C(=O)CO3)cc(C(F)F)n1. The molecule has 3 aliphatic heterocycles. The largest absolute Gasteiger partial charge is 0.482 e. The Labute approximate surface area is 237 Å². The Morgan fingerprint density at radius 2 is 1.81 bits per heavy atom. The molecule has 1 fully saturated rings. The zero-order valence-corrected chi connectivity index (χ0v) is 22.4. The second-order valence-corrected chi connectivity index (χ2v) is 10.1. The highest BCUT2D eigenvalue weighted by Crippen LogP contribution is 2.43. The highest BCUT2D eigenvalue weighted by atomic mass is 19.3. The maximum atomic E-state index is 13.7. The highest BCUT2D eigenvalue weighted by Gasteiger charge is 2.45. The van der Waals surface area contributed by atoms with Crippen LogP contribution in [0.4, 0.5) is 25.8 Å². The van der Waals surface area contributed by atoms with Crippen LogP contribution in [0.2, 0.25) is 0 Å². The van der Waals surface area contributed by atoms with E-state index in [2.05, 4.69) is 15.6 Å². The lowest BCUT2D eigenvalue weighted by atomic mass is 9.99. The number of halogens is 2. The molecule has 6 rings (SSSR count). The van der Waals surface area contributed by atoms with Crippen molar-refractivity contribution >= 4 is 46.6 Å². The van der Waals surface area contributed by atoms with Gasteiger partial charge in [0, 0.05) is 30.4 Å². The highest BCUT2D eigenvalue weighted by molar-refractivity contribution is 6.25. The Kier molecular flexibility index (Phi) is 6.44. The van der Waals surface area contributed by atoms with Gasteiger partial charge in [0.05, 0.1) is 22.5 Å². The molecule has 5 amide bonds. The number of aryl methyl sites for hydroxylation is 1. The number of anilines is 3. The molecule has 2 N–H and O–H groups in total. The minimum atomic E-state index is -2.82. The van der Waals surface area contributed by atoms with E-state index in [-0.39, 0.29) is 42.2 Å². The lowest BCUT2D eigenvalue weighted by Gasteiger charge is -2.28. The number of aromatic nitrogens is 1. The van der Waals surface area contributed by atoms with Gasteiger partial charge in [0.15, 0.2) is 6.61 Å². The quantitative estimate of drug-likeness (QED) is 0.441. The van der Waals surface area contributed by atoms with Crippen LogP contribution in [-0.2, 0) is 14.4 Å². The molecule has 0 bridgehead atoms. The fraction of sp³-hybridized carbons (Fsp3) is 0.241. The summed E-state index contributed by atoms with van der Waals surface area (Å²) in [5.74, 6) is -2.57. The number of carbonyl (C=O) groups excluding carboxylic acids is 5. The Morgan fingerprint density at radius 3 is 2.55 bits per heavy atom. The summed E-state index contributed by atoms with van der Waals surface area (Å²) in [6.07, 6.45) is -2.84. The van der Waals surface area contributed by atoms with Crippen molar-refractivity contribution in [1.82, 2.24) is 15.2 Å². The standard InChI is InChI=1S/C29H23F2N5O6/c1-13-8-14(9-19(32-13)26(30)31)16-10-22-21(35(2)24(38)12-42-22)11-18(16)33-17-5-3-4-15-25(17)29(41)36(28(15)40)20-6-7-23(37)34-27(20)39/h3-5,8-11,20,26,33H,6-7,12H2,1-2H3,(H,34,37,39)/t20-/m0/s1. The van der Waals surface area contributed by atoms with Gasteiger partial charge >= 0.3 is 0 Å². The first kappa shape index (κ1) is 27.0. The number of benzene rings is 2. The number of carbonyl (C=O) groups is 5. The smallest absolute Gasteiger partial charge is 0.280 e. The van der Waals surface area contributed by atoms with E-state index in [0.29, 0.717) is 33.9 Å². The Morgan fingerprint density at radius 1 is 1.02 bits per heavy atom. The fourth-order valence-electron chi connectivity index (χ4n) is 5.38. The number of pyridine rings is 1. The third kappa shape index (κ3) is 4.42. The zero-order valence-electron chi connectivity index (χ0n) is 22.4. The number of fused-ring (bicyclic) bond motifs is 2. The topological polar surface area (TPSA) is 138 Å². The number of alkyl halides is 2. The summed E-state index contributed by atoms with van der Waals surface area (Å²) in [4.78, 5) is 69.6. The van der Waals surface area contributed by atoms with Gasteiger partial charge in [-0.15, -0.1) is 0 Å². The molecular formula is C29H23F2N5O6. The van der Waals surface area contributed by atoms with Crippen molar-refractivity contribution in [2.45, 2.75) is 32.2 Å². The van der Waals surface area contributed by atoms with Crippen molar-refractivity contribution in [3.63, 3.8) is 0 Å². The number of amides is 5. The number of nitrogens with one attached hydrogen (secondary N) is 2. The summed E-state index contributed by atoms with van der Waals surface area (Å²) < 4.78 is 33.0. The predicted octanol–water partition coefficient (Wildman–Crippen LogP) is 3.49. The molecule has 1 atom stereocenters. The minimum Gasteiger partial charge on any atom is -0.482 e. The van der Waals surface area contributed by atoms with Crippen molar-refractivity contribution in [2.24, 2.45) is 0 Å². The molecule has 13 heteroatoms. The van der Waals surface area contributed by atoms with Gasteiger partial charge in [-0.1, -0.05) is 6.07 Å². The second-order valence-electron chi connectivity index (χ2n) is 10.1.